The van der Waals surface area contributed by atoms with Crippen LogP contribution in [0.15, 0.2) is 6.07 Å². The molecule has 6 heteroatoms. The minimum absolute atomic E-state index is 0.252. The predicted molar refractivity (Wildman–Crippen MR) is 86.5 cm³/mol. The Morgan fingerprint density at radius 2 is 1.95 bits per heavy atom. The Morgan fingerprint density at radius 1 is 1.29 bits per heavy atom. The van der Waals surface area contributed by atoms with Crippen LogP contribution in [0.4, 0.5) is 5.69 Å². The lowest BCUT2D eigenvalue weighted by Gasteiger charge is -2.20. The fourth-order valence-corrected chi connectivity index (χ4v) is 2.97. The molecule has 5 nitrogen and oxygen atoms in total. The lowest BCUT2D eigenvalue weighted by Crippen LogP contribution is -2.13. The molecule has 3 N–H and O–H groups in total. The maximum absolute atomic E-state index is 6.29. The van der Waals surface area contributed by atoms with Gasteiger partial charge in [0.05, 0.1) is 30.3 Å². The number of anilines is 1. The highest BCUT2D eigenvalue weighted by Gasteiger charge is 2.22. The first-order chi connectivity index (χ1) is 9.96. The third kappa shape index (κ3) is 2.47. The minimum atomic E-state index is 0.252. The van der Waals surface area contributed by atoms with Crippen LogP contribution in [0.2, 0.25) is 5.02 Å². The highest BCUT2D eigenvalue weighted by molar-refractivity contribution is 6.34. The van der Waals surface area contributed by atoms with Crippen molar-refractivity contribution in [1.29, 1.82) is 0 Å². The molecule has 0 fully saturated rings. The number of hydrogen-bond acceptors (Lipinski definition) is 5. The van der Waals surface area contributed by atoms with Gasteiger partial charge in [-0.25, -0.2) is 4.98 Å². The molecule has 0 aliphatic rings. The minimum Gasteiger partial charge on any atom is -0.494 e. The number of ether oxygens (including phenoxy) is 2. The van der Waals surface area contributed by atoms with Gasteiger partial charge in [0.25, 0.3) is 0 Å². The van der Waals surface area contributed by atoms with Gasteiger partial charge in [-0.3, -0.25) is 5.84 Å². The molecule has 0 radical (unpaired) electrons. The quantitative estimate of drug-likeness (QED) is 0.667. The Hall–Kier alpha value is -1.72. The molecule has 0 spiro atoms. The van der Waals surface area contributed by atoms with Crippen molar-refractivity contribution in [2.45, 2.75) is 26.7 Å². The summed E-state index contributed by atoms with van der Waals surface area (Å²) in [4.78, 5) is 4.67. The standard InChI is InChI=1S/C15H20ClN3O2/c1-7(2)11-8(3)18-13-10(20-4)6-9(16)15(21-5)12(13)14(11)19-17/h6-7H,17H2,1-5H3,(H,18,19). The largest absolute Gasteiger partial charge is 0.494 e. The number of hydrogen-bond donors (Lipinski definition) is 2. The second-order valence-corrected chi connectivity index (χ2v) is 5.51. The third-order valence-electron chi connectivity index (χ3n) is 3.51. The first-order valence-corrected chi connectivity index (χ1v) is 7.05. The SMILES string of the molecule is COc1cc(Cl)c(OC)c2c(NN)c(C(C)C)c(C)nc12. The molecule has 0 atom stereocenters. The summed E-state index contributed by atoms with van der Waals surface area (Å²) < 4.78 is 10.8. The van der Waals surface area contributed by atoms with E-state index in [4.69, 9.17) is 26.9 Å². The van der Waals surface area contributed by atoms with Gasteiger partial charge in [-0.1, -0.05) is 25.4 Å². The molecular formula is C15H20ClN3O2. The summed E-state index contributed by atoms with van der Waals surface area (Å²) in [5.74, 6) is 7.15. The van der Waals surface area contributed by atoms with Crippen LogP contribution in [-0.4, -0.2) is 19.2 Å². The number of fused-ring (bicyclic) bond motifs is 1. The van der Waals surface area contributed by atoms with Crippen LogP contribution in [0.1, 0.15) is 31.0 Å². The van der Waals surface area contributed by atoms with Gasteiger partial charge in [0.2, 0.25) is 0 Å². The Balaban J connectivity index is 3.05. The average molecular weight is 310 g/mol. The van der Waals surface area contributed by atoms with Crippen LogP contribution in [0.5, 0.6) is 11.5 Å². The monoisotopic (exact) mass is 309 g/mol. The van der Waals surface area contributed by atoms with Crippen molar-refractivity contribution >= 4 is 28.2 Å². The molecule has 1 aromatic carbocycles. The van der Waals surface area contributed by atoms with Crippen molar-refractivity contribution in [1.82, 2.24) is 4.98 Å². The van der Waals surface area contributed by atoms with Gasteiger partial charge in [0.1, 0.15) is 17.0 Å². The topological polar surface area (TPSA) is 69.4 Å². The van der Waals surface area contributed by atoms with Crippen molar-refractivity contribution in [3.05, 3.63) is 22.3 Å². The van der Waals surface area contributed by atoms with Crippen molar-refractivity contribution in [2.24, 2.45) is 5.84 Å². The fraction of sp³-hybridized carbons (Fsp3) is 0.400. The summed E-state index contributed by atoms with van der Waals surface area (Å²) in [7, 11) is 3.16. The van der Waals surface area contributed by atoms with E-state index < -0.39 is 0 Å². The van der Waals surface area contributed by atoms with Gasteiger partial charge in [-0.05, 0) is 12.8 Å². The second-order valence-electron chi connectivity index (χ2n) is 5.10. The lowest BCUT2D eigenvalue weighted by molar-refractivity contribution is 0.410. The predicted octanol–water partition coefficient (Wildman–Crippen LogP) is 3.62. The number of benzene rings is 1. The maximum atomic E-state index is 6.29. The van der Waals surface area contributed by atoms with E-state index in [-0.39, 0.29) is 5.92 Å². The molecule has 2 rings (SSSR count). The van der Waals surface area contributed by atoms with E-state index in [0.29, 0.717) is 22.0 Å². The number of nitrogens with one attached hydrogen (secondary N) is 1. The number of nitrogens with two attached hydrogens (primary N) is 1. The molecule has 0 bridgehead atoms. The molecule has 0 unspecified atom stereocenters. The molecule has 0 saturated carbocycles. The van der Waals surface area contributed by atoms with E-state index in [1.807, 2.05) is 6.92 Å². The number of aromatic nitrogens is 1. The molecule has 0 amide bonds. The number of hydrazine groups is 1. The number of nitrogen functional groups attached to an aromatic ring is 1. The highest BCUT2D eigenvalue weighted by Crippen LogP contribution is 2.45. The zero-order chi connectivity index (χ0) is 15.7. The number of nitrogens with zero attached hydrogens (tertiary/aromatic N) is 1. The summed E-state index contributed by atoms with van der Waals surface area (Å²) in [6.45, 7) is 6.13. The Bertz CT molecular complexity index is 687. The number of methoxy groups -OCH3 is 2. The second kappa shape index (κ2) is 5.95. The smallest absolute Gasteiger partial charge is 0.149 e. The van der Waals surface area contributed by atoms with Crippen LogP contribution >= 0.6 is 11.6 Å². The maximum Gasteiger partial charge on any atom is 0.149 e. The molecule has 21 heavy (non-hydrogen) atoms. The highest BCUT2D eigenvalue weighted by atomic mass is 35.5. The summed E-state index contributed by atoms with van der Waals surface area (Å²) >= 11 is 6.29. The van der Waals surface area contributed by atoms with Crippen LogP contribution in [0.3, 0.4) is 0 Å². The first-order valence-electron chi connectivity index (χ1n) is 6.67. The first kappa shape index (κ1) is 15.7. The van der Waals surface area contributed by atoms with E-state index >= 15 is 0 Å². The summed E-state index contributed by atoms with van der Waals surface area (Å²) in [6.07, 6.45) is 0. The van der Waals surface area contributed by atoms with E-state index in [9.17, 15) is 0 Å². The van der Waals surface area contributed by atoms with E-state index in [1.165, 1.54) is 0 Å². The van der Waals surface area contributed by atoms with Crippen molar-refractivity contribution in [3.63, 3.8) is 0 Å². The normalized spacial score (nSPS) is 11.0. The van der Waals surface area contributed by atoms with Crippen LogP contribution < -0.4 is 20.7 Å². The molecule has 2 aromatic rings. The fourth-order valence-electron chi connectivity index (χ4n) is 2.70. The van der Waals surface area contributed by atoms with E-state index in [1.54, 1.807) is 20.3 Å². The van der Waals surface area contributed by atoms with Gasteiger partial charge >= 0.3 is 0 Å². The molecule has 0 aliphatic heterocycles. The number of aryl methyl sites for hydroxylation is 1. The molecule has 114 valence electrons. The van der Waals surface area contributed by atoms with Gasteiger partial charge in [-0.15, -0.1) is 0 Å². The van der Waals surface area contributed by atoms with Gasteiger partial charge in [0.15, 0.2) is 0 Å². The Morgan fingerprint density at radius 3 is 2.43 bits per heavy atom. The molecule has 1 aromatic heterocycles. The number of halogens is 1. The summed E-state index contributed by atoms with van der Waals surface area (Å²) in [5, 5.41) is 1.19. The molecule has 0 aliphatic carbocycles. The molecule has 1 heterocycles. The molecule has 0 saturated heterocycles. The Kier molecular flexibility index (Phi) is 4.44. The van der Waals surface area contributed by atoms with Crippen LogP contribution in [0.25, 0.3) is 10.9 Å². The average Bonchev–Trinajstić information content (AvgIpc) is 2.45. The zero-order valence-electron chi connectivity index (χ0n) is 12.9. The van der Waals surface area contributed by atoms with E-state index in [0.717, 1.165) is 22.3 Å². The van der Waals surface area contributed by atoms with E-state index in [2.05, 4.69) is 24.3 Å². The van der Waals surface area contributed by atoms with Gasteiger partial charge in [-0.2, -0.15) is 0 Å². The summed E-state index contributed by atoms with van der Waals surface area (Å²) in [5.41, 5.74) is 6.15. The van der Waals surface area contributed by atoms with Gasteiger partial charge in [0, 0.05) is 17.3 Å². The zero-order valence-corrected chi connectivity index (χ0v) is 13.6. The number of rotatable bonds is 4. The Labute approximate surface area is 129 Å². The molecular weight excluding hydrogens is 290 g/mol. The van der Waals surface area contributed by atoms with Crippen molar-refractivity contribution < 1.29 is 9.47 Å². The van der Waals surface area contributed by atoms with Crippen molar-refractivity contribution in [2.75, 3.05) is 19.6 Å². The number of pyridine rings is 1. The van der Waals surface area contributed by atoms with Crippen LogP contribution in [0, 0.1) is 6.92 Å². The summed E-state index contributed by atoms with van der Waals surface area (Å²) in [6, 6.07) is 1.70. The van der Waals surface area contributed by atoms with Crippen LogP contribution in [-0.2, 0) is 0 Å². The third-order valence-corrected chi connectivity index (χ3v) is 3.79. The van der Waals surface area contributed by atoms with Gasteiger partial charge < -0.3 is 14.9 Å². The van der Waals surface area contributed by atoms with Crippen molar-refractivity contribution in [3.8, 4) is 11.5 Å². The lowest BCUT2D eigenvalue weighted by atomic mass is 9.96.